The first kappa shape index (κ1) is 22.8. The fourth-order valence-electron chi connectivity index (χ4n) is 3.91. The number of para-hydroxylation sites is 2. The molecule has 0 atom stereocenters. The number of carbonyl (C=O) groups is 2. The molecule has 33 heavy (non-hydrogen) atoms. The number of nitrogens with zero attached hydrogens (tertiary/aromatic N) is 5. The Kier molecular flexibility index (Phi) is 6.62. The average molecular weight is 457 g/mol. The molecule has 8 nitrogen and oxygen atoms in total. The fourth-order valence-corrected chi connectivity index (χ4v) is 3.91. The van der Waals surface area contributed by atoms with Crippen LogP contribution in [0, 0.1) is 0 Å². The molecule has 0 radical (unpaired) electrons. The lowest BCUT2D eigenvalue weighted by Gasteiger charge is -2.32. The molecule has 174 valence electrons. The van der Waals surface area contributed by atoms with E-state index in [1.807, 2.05) is 35.1 Å². The summed E-state index contributed by atoms with van der Waals surface area (Å²) in [7, 11) is 0. The molecule has 4 rings (SSSR count). The monoisotopic (exact) mass is 457 g/mol. The van der Waals surface area contributed by atoms with Crippen LogP contribution < -0.4 is 0 Å². The predicted molar refractivity (Wildman–Crippen MR) is 116 cm³/mol. The molecule has 1 amide bonds. The SMILES string of the molecule is CCOC(=O)C(F)(F)CCC(=O)N1CCC(n2cc(-c3cnc4ccccc4n3)cn2)CC1. The van der Waals surface area contributed by atoms with E-state index in [2.05, 4.69) is 19.8 Å². The fraction of sp³-hybridized carbons (Fsp3) is 0.435. The topological polar surface area (TPSA) is 90.2 Å². The van der Waals surface area contributed by atoms with E-state index in [0.29, 0.717) is 25.9 Å². The van der Waals surface area contributed by atoms with Gasteiger partial charge in [0.25, 0.3) is 0 Å². The van der Waals surface area contributed by atoms with Gasteiger partial charge in [-0.15, -0.1) is 0 Å². The first-order valence-electron chi connectivity index (χ1n) is 11.0. The molecule has 1 aliphatic heterocycles. The minimum Gasteiger partial charge on any atom is -0.462 e. The lowest BCUT2D eigenvalue weighted by atomic mass is 10.0. The van der Waals surface area contributed by atoms with E-state index in [4.69, 9.17) is 0 Å². The van der Waals surface area contributed by atoms with Gasteiger partial charge in [-0.1, -0.05) is 12.1 Å². The van der Waals surface area contributed by atoms with Crippen molar-refractivity contribution in [3.05, 3.63) is 42.9 Å². The summed E-state index contributed by atoms with van der Waals surface area (Å²) in [5.41, 5.74) is 3.22. The van der Waals surface area contributed by atoms with Crippen molar-refractivity contribution in [2.45, 2.75) is 44.6 Å². The second-order valence-electron chi connectivity index (χ2n) is 7.99. The Morgan fingerprint density at radius 3 is 2.61 bits per heavy atom. The molecule has 3 heterocycles. The van der Waals surface area contributed by atoms with Crippen LogP contribution in [0.25, 0.3) is 22.3 Å². The van der Waals surface area contributed by atoms with Crippen LogP contribution in [0.3, 0.4) is 0 Å². The highest BCUT2D eigenvalue weighted by Gasteiger charge is 2.41. The second-order valence-corrected chi connectivity index (χ2v) is 7.99. The standard InChI is InChI=1S/C23H25F2N5O3/c1-2-33-22(32)23(24,25)10-7-21(31)29-11-8-17(9-12-29)30-15-16(13-27-30)20-14-26-18-5-3-4-6-19(18)28-20/h3-6,13-15,17H,2,7-12H2,1H3. The van der Waals surface area contributed by atoms with Crippen LogP contribution in [0.2, 0.25) is 0 Å². The van der Waals surface area contributed by atoms with Crippen molar-refractivity contribution in [1.29, 1.82) is 0 Å². The highest BCUT2D eigenvalue weighted by molar-refractivity contribution is 5.80. The minimum atomic E-state index is -3.65. The molecule has 0 aliphatic carbocycles. The second kappa shape index (κ2) is 9.60. The number of benzene rings is 1. The van der Waals surface area contributed by atoms with Gasteiger partial charge in [-0.3, -0.25) is 14.5 Å². The Morgan fingerprint density at radius 1 is 1.15 bits per heavy atom. The summed E-state index contributed by atoms with van der Waals surface area (Å²) in [5, 5.41) is 4.47. The Morgan fingerprint density at radius 2 is 1.88 bits per heavy atom. The molecule has 0 unspecified atom stereocenters. The molecule has 0 bridgehead atoms. The Bertz CT molecular complexity index is 1140. The quantitative estimate of drug-likeness (QED) is 0.503. The lowest BCUT2D eigenvalue weighted by molar-refractivity contribution is -0.172. The van der Waals surface area contributed by atoms with E-state index in [-0.39, 0.29) is 18.6 Å². The molecular formula is C23H25F2N5O3. The lowest BCUT2D eigenvalue weighted by Crippen LogP contribution is -2.40. The van der Waals surface area contributed by atoms with E-state index in [1.165, 1.54) is 6.92 Å². The number of hydrogen-bond acceptors (Lipinski definition) is 6. The van der Waals surface area contributed by atoms with Gasteiger partial charge in [0.15, 0.2) is 0 Å². The van der Waals surface area contributed by atoms with Crippen LogP contribution in [-0.4, -0.2) is 62.1 Å². The molecule has 3 aromatic rings. The van der Waals surface area contributed by atoms with Gasteiger partial charge >= 0.3 is 11.9 Å². The average Bonchev–Trinajstić information content (AvgIpc) is 3.33. The van der Waals surface area contributed by atoms with Crippen molar-refractivity contribution in [2.75, 3.05) is 19.7 Å². The van der Waals surface area contributed by atoms with Gasteiger partial charge in [-0.2, -0.15) is 13.9 Å². The zero-order chi connectivity index (χ0) is 23.4. The number of fused-ring (bicyclic) bond motifs is 1. The maximum Gasteiger partial charge on any atom is 0.376 e. The molecule has 1 saturated heterocycles. The van der Waals surface area contributed by atoms with E-state index in [1.54, 1.807) is 17.3 Å². The van der Waals surface area contributed by atoms with Crippen molar-refractivity contribution < 1.29 is 23.1 Å². The van der Waals surface area contributed by atoms with Gasteiger partial charge in [-0.05, 0) is 31.9 Å². The summed E-state index contributed by atoms with van der Waals surface area (Å²) < 4.78 is 33.8. The first-order chi connectivity index (χ1) is 15.9. The number of halogens is 2. The van der Waals surface area contributed by atoms with Crippen molar-refractivity contribution >= 4 is 22.9 Å². The third-order valence-electron chi connectivity index (χ3n) is 5.76. The van der Waals surface area contributed by atoms with Crippen molar-refractivity contribution in [3.8, 4) is 11.3 Å². The number of ether oxygens (including phenoxy) is 1. The van der Waals surface area contributed by atoms with Crippen molar-refractivity contribution in [1.82, 2.24) is 24.6 Å². The summed E-state index contributed by atoms with van der Waals surface area (Å²) in [6.07, 6.45) is 5.45. The smallest absolute Gasteiger partial charge is 0.376 e. The molecule has 10 heteroatoms. The van der Waals surface area contributed by atoms with Crippen molar-refractivity contribution in [2.24, 2.45) is 0 Å². The number of rotatable bonds is 7. The molecule has 0 saturated carbocycles. The molecule has 1 aromatic carbocycles. The highest BCUT2D eigenvalue weighted by atomic mass is 19.3. The maximum absolute atomic E-state index is 13.8. The molecule has 1 fully saturated rings. The molecule has 0 spiro atoms. The number of likely N-dealkylation sites (tertiary alicyclic amines) is 1. The number of piperidine rings is 1. The van der Waals surface area contributed by atoms with Gasteiger partial charge in [0.2, 0.25) is 5.91 Å². The van der Waals surface area contributed by atoms with Gasteiger partial charge < -0.3 is 9.64 Å². The van der Waals surface area contributed by atoms with Gasteiger partial charge in [0.05, 0.1) is 41.8 Å². The van der Waals surface area contributed by atoms with Crippen LogP contribution >= 0.6 is 0 Å². The van der Waals surface area contributed by atoms with Gasteiger partial charge in [0, 0.05) is 37.7 Å². The minimum absolute atomic E-state index is 0.0946. The van der Waals surface area contributed by atoms with E-state index >= 15 is 0 Å². The van der Waals surface area contributed by atoms with Gasteiger partial charge in [0.1, 0.15) is 0 Å². The zero-order valence-electron chi connectivity index (χ0n) is 18.3. The molecular weight excluding hydrogens is 432 g/mol. The Labute approximate surface area is 189 Å². The Hall–Kier alpha value is -3.43. The normalized spacial score (nSPS) is 15.1. The number of aromatic nitrogens is 4. The van der Waals surface area contributed by atoms with E-state index < -0.39 is 24.7 Å². The number of carbonyl (C=O) groups excluding carboxylic acids is 2. The van der Waals surface area contributed by atoms with Crippen LogP contribution in [0.4, 0.5) is 8.78 Å². The van der Waals surface area contributed by atoms with E-state index in [9.17, 15) is 18.4 Å². The molecule has 2 aromatic heterocycles. The van der Waals surface area contributed by atoms with Gasteiger partial charge in [-0.25, -0.2) is 9.78 Å². The molecule has 1 aliphatic rings. The zero-order valence-corrected chi connectivity index (χ0v) is 18.3. The summed E-state index contributed by atoms with van der Waals surface area (Å²) >= 11 is 0. The number of alkyl halides is 2. The first-order valence-corrected chi connectivity index (χ1v) is 11.0. The third-order valence-corrected chi connectivity index (χ3v) is 5.76. The maximum atomic E-state index is 13.8. The molecule has 0 N–H and O–H groups in total. The van der Waals surface area contributed by atoms with Crippen LogP contribution in [0.5, 0.6) is 0 Å². The van der Waals surface area contributed by atoms with Crippen LogP contribution in [-0.2, 0) is 14.3 Å². The third kappa shape index (κ3) is 5.15. The predicted octanol–water partition coefficient (Wildman–Crippen LogP) is 3.64. The van der Waals surface area contributed by atoms with Crippen LogP contribution in [0.1, 0.15) is 38.6 Å². The number of amides is 1. The highest BCUT2D eigenvalue weighted by Crippen LogP contribution is 2.27. The number of esters is 1. The summed E-state index contributed by atoms with van der Waals surface area (Å²) in [4.78, 5) is 34.3. The number of hydrogen-bond donors (Lipinski definition) is 0. The van der Waals surface area contributed by atoms with Crippen molar-refractivity contribution in [3.63, 3.8) is 0 Å². The summed E-state index contributed by atoms with van der Waals surface area (Å²) in [6, 6.07) is 7.74. The summed E-state index contributed by atoms with van der Waals surface area (Å²) in [6.45, 7) is 2.22. The largest absolute Gasteiger partial charge is 0.462 e. The summed E-state index contributed by atoms with van der Waals surface area (Å²) in [5.74, 6) is -5.62. The Balaban J connectivity index is 1.32. The van der Waals surface area contributed by atoms with E-state index in [0.717, 1.165) is 22.3 Å². The van der Waals surface area contributed by atoms with Crippen LogP contribution in [0.15, 0.2) is 42.9 Å².